The second kappa shape index (κ2) is 12.1. The predicted molar refractivity (Wildman–Crippen MR) is 132 cm³/mol. The molecule has 9 nitrogen and oxygen atoms in total. The van der Waals surface area contributed by atoms with Gasteiger partial charge in [0.25, 0.3) is 5.91 Å². The highest BCUT2D eigenvalue weighted by Gasteiger charge is 2.25. The van der Waals surface area contributed by atoms with Crippen LogP contribution in [0.4, 0.5) is 0 Å². The van der Waals surface area contributed by atoms with Gasteiger partial charge in [-0.1, -0.05) is 12.8 Å². The summed E-state index contributed by atoms with van der Waals surface area (Å²) in [6.07, 6.45) is 3.87. The number of carbonyl (C=O) groups is 1. The highest BCUT2D eigenvalue weighted by atomic mass is 32.2. The van der Waals surface area contributed by atoms with E-state index >= 15 is 0 Å². The maximum absolute atomic E-state index is 12.9. The lowest BCUT2D eigenvalue weighted by Gasteiger charge is -2.20. The molecule has 0 radical (unpaired) electrons. The molecule has 35 heavy (non-hydrogen) atoms. The predicted octanol–water partition coefficient (Wildman–Crippen LogP) is 3.31. The second-order valence-corrected chi connectivity index (χ2v) is 10.3. The van der Waals surface area contributed by atoms with Gasteiger partial charge in [0.2, 0.25) is 15.8 Å². The van der Waals surface area contributed by atoms with Crippen molar-refractivity contribution in [3.05, 3.63) is 42.0 Å². The van der Waals surface area contributed by atoms with Gasteiger partial charge in [-0.2, -0.15) is 4.31 Å². The molecule has 2 aromatic rings. The van der Waals surface area contributed by atoms with Crippen molar-refractivity contribution in [2.75, 3.05) is 48.1 Å². The molecule has 2 aromatic carbocycles. The average molecular weight is 507 g/mol. The summed E-state index contributed by atoms with van der Waals surface area (Å²) >= 11 is 0. The van der Waals surface area contributed by atoms with Gasteiger partial charge in [0.15, 0.2) is 18.1 Å². The summed E-state index contributed by atoms with van der Waals surface area (Å²) in [5, 5.41) is 0. The Bertz CT molecular complexity index is 1070. The first-order valence-electron chi connectivity index (χ1n) is 11.6. The second-order valence-electron chi connectivity index (χ2n) is 8.36. The maximum atomic E-state index is 12.9. The zero-order chi connectivity index (χ0) is 25.4. The summed E-state index contributed by atoms with van der Waals surface area (Å²) < 4.78 is 49.1. The number of ether oxygens (including phenoxy) is 4. The number of sulfonamides is 1. The Labute approximate surface area is 207 Å². The largest absolute Gasteiger partial charge is 0.493 e. The molecule has 0 saturated carbocycles. The van der Waals surface area contributed by atoms with E-state index in [2.05, 4.69) is 0 Å². The number of likely N-dealkylation sites (N-methyl/N-ethyl adjacent to an activating group) is 1. The van der Waals surface area contributed by atoms with E-state index in [1.807, 2.05) is 0 Å². The number of hydrogen-bond acceptors (Lipinski definition) is 7. The lowest BCUT2D eigenvalue weighted by molar-refractivity contribution is -0.132. The lowest BCUT2D eigenvalue weighted by Crippen LogP contribution is -2.32. The quantitative estimate of drug-likeness (QED) is 0.488. The molecule has 1 saturated heterocycles. The fourth-order valence-electron chi connectivity index (χ4n) is 3.98. The average Bonchev–Trinajstić information content (AvgIpc) is 3.17. The number of nitrogens with zero attached hydrogens (tertiary/aromatic N) is 2. The normalized spacial score (nSPS) is 14.6. The van der Waals surface area contributed by atoms with Crippen LogP contribution in [0.25, 0.3) is 0 Å². The highest BCUT2D eigenvalue weighted by molar-refractivity contribution is 7.89. The third kappa shape index (κ3) is 6.58. The number of benzene rings is 2. The van der Waals surface area contributed by atoms with Gasteiger partial charge in [0.05, 0.1) is 26.2 Å². The van der Waals surface area contributed by atoms with Crippen LogP contribution < -0.4 is 18.9 Å². The van der Waals surface area contributed by atoms with Crippen molar-refractivity contribution in [2.45, 2.75) is 37.1 Å². The van der Waals surface area contributed by atoms with Gasteiger partial charge in [-0.25, -0.2) is 8.42 Å². The highest BCUT2D eigenvalue weighted by Crippen LogP contribution is 2.38. The van der Waals surface area contributed by atoms with Crippen molar-refractivity contribution in [1.29, 1.82) is 0 Å². The summed E-state index contributed by atoms with van der Waals surface area (Å²) in [4.78, 5) is 14.4. The minimum Gasteiger partial charge on any atom is -0.493 e. The smallest absolute Gasteiger partial charge is 0.260 e. The van der Waals surface area contributed by atoms with Crippen LogP contribution in [-0.2, 0) is 21.4 Å². The van der Waals surface area contributed by atoms with Crippen LogP contribution >= 0.6 is 0 Å². The fourth-order valence-corrected chi connectivity index (χ4v) is 5.50. The molecule has 0 aromatic heterocycles. The molecule has 192 valence electrons. The molecule has 1 aliphatic heterocycles. The van der Waals surface area contributed by atoms with Crippen LogP contribution in [0.2, 0.25) is 0 Å². The van der Waals surface area contributed by atoms with Crippen molar-refractivity contribution in [3.63, 3.8) is 0 Å². The van der Waals surface area contributed by atoms with Crippen LogP contribution in [0.1, 0.15) is 31.2 Å². The molecule has 0 atom stereocenters. The van der Waals surface area contributed by atoms with Gasteiger partial charge in [-0.05, 0) is 54.8 Å². The number of carbonyl (C=O) groups excluding carboxylic acids is 1. The molecule has 3 rings (SSSR count). The molecule has 1 amide bonds. The molecular weight excluding hydrogens is 472 g/mol. The van der Waals surface area contributed by atoms with E-state index in [9.17, 15) is 13.2 Å². The van der Waals surface area contributed by atoms with Crippen molar-refractivity contribution in [2.24, 2.45) is 0 Å². The van der Waals surface area contributed by atoms with Crippen LogP contribution in [0.3, 0.4) is 0 Å². The SMILES string of the molecule is COc1cc(CN(C)C(=O)COc2ccc(S(=O)(=O)N3CCCCCC3)cc2)cc(OC)c1OC. The van der Waals surface area contributed by atoms with Gasteiger partial charge in [0, 0.05) is 26.7 Å². The maximum Gasteiger partial charge on any atom is 0.260 e. The number of hydrogen-bond donors (Lipinski definition) is 0. The summed E-state index contributed by atoms with van der Waals surface area (Å²) in [6, 6.07) is 9.79. The molecule has 1 fully saturated rings. The monoisotopic (exact) mass is 506 g/mol. The number of methoxy groups -OCH3 is 3. The summed E-state index contributed by atoms with van der Waals surface area (Å²) in [7, 11) is 2.75. The molecule has 1 heterocycles. The van der Waals surface area contributed by atoms with Gasteiger partial charge in [-0.15, -0.1) is 0 Å². The summed E-state index contributed by atoms with van der Waals surface area (Å²) in [5.74, 6) is 1.69. The van der Waals surface area contributed by atoms with E-state index in [-0.39, 0.29) is 17.4 Å². The summed E-state index contributed by atoms with van der Waals surface area (Å²) in [5.41, 5.74) is 0.804. The summed E-state index contributed by atoms with van der Waals surface area (Å²) in [6.45, 7) is 1.23. The first-order valence-corrected chi connectivity index (χ1v) is 13.0. The molecule has 0 spiro atoms. The van der Waals surface area contributed by atoms with Crippen molar-refractivity contribution in [3.8, 4) is 23.0 Å². The zero-order valence-corrected chi connectivity index (χ0v) is 21.6. The van der Waals surface area contributed by atoms with E-state index in [4.69, 9.17) is 18.9 Å². The lowest BCUT2D eigenvalue weighted by atomic mass is 10.1. The van der Waals surface area contributed by atoms with E-state index in [0.717, 1.165) is 31.2 Å². The van der Waals surface area contributed by atoms with Crippen molar-refractivity contribution >= 4 is 15.9 Å². The van der Waals surface area contributed by atoms with Crippen LogP contribution in [0.5, 0.6) is 23.0 Å². The van der Waals surface area contributed by atoms with Crippen molar-refractivity contribution in [1.82, 2.24) is 9.21 Å². The van der Waals surface area contributed by atoms with Gasteiger partial charge in [0.1, 0.15) is 5.75 Å². The van der Waals surface area contributed by atoms with Gasteiger partial charge >= 0.3 is 0 Å². The minimum absolute atomic E-state index is 0.181. The van der Waals surface area contributed by atoms with E-state index in [1.165, 1.54) is 38.4 Å². The molecule has 0 aliphatic carbocycles. The number of rotatable bonds is 10. The topological polar surface area (TPSA) is 94.6 Å². The third-order valence-electron chi connectivity index (χ3n) is 5.96. The van der Waals surface area contributed by atoms with E-state index in [1.54, 1.807) is 35.6 Å². The van der Waals surface area contributed by atoms with Crippen LogP contribution in [0.15, 0.2) is 41.3 Å². The Kier molecular flexibility index (Phi) is 9.22. The molecule has 0 bridgehead atoms. The Morgan fingerprint density at radius 2 is 1.49 bits per heavy atom. The Balaban J connectivity index is 1.59. The third-order valence-corrected chi connectivity index (χ3v) is 7.87. The first-order chi connectivity index (χ1) is 16.8. The fraction of sp³-hybridized carbons (Fsp3) is 0.480. The Morgan fingerprint density at radius 1 is 0.914 bits per heavy atom. The van der Waals surface area contributed by atoms with E-state index < -0.39 is 10.0 Å². The van der Waals surface area contributed by atoms with Gasteiger partial charge < -0.3 is 23.8 Å². The Morgan fingerprint density at radius 3 is 2.00 bits per heavy atom. The van der Waals surface area contributed by atoms with E-state index in [0.29, 0.717) is 42.6 Å². The zero-order valence-electron chi connectivity index (χ0n) is 20.8. The molecule has 1 aliphatic rings. The van der Waals surface area contributed by atoms with Crippen LogP contribution in [-0.4, -0.2) is 71.6 Å². The van der Waals surface area contributed by atoms with Gasteiger partial charge in [-0.3, -0.25) is 4.79 Å². The van der Waals surface area contributed by atoms with Crippen LogP contribution in [0, 0.1) is 0 Å². The molecule has 0 N–H and O–H groups in total. The standard InChI is InChI=1S/C25H34N2O7S/c1-26(17-19-15-22(31-2)25(33-4)23(16-19)32-3)24(28)18-34-20-9-11-21(12-10-20)35(29,30)27-13-7-5-6-8-14-27/h9-12,15-16H,5-8,13-14,17-18H2,1-4H3. The first kappa shape index (κ1) is 26.6. The van der Waals surface area contributed by atoms with Crippen molar-refractivity contribution < 1.29 is 32.2 Å². The molecule has 10 heteroatoms. The molecular formula is C25H34N2O7S. The number of amides is 1. The Hall–Kier alpha value is -2.98. The molecule has 0 unspecified atom stereocenters. The minimum atomic E-state index is -3.52.